The van der Waals surface area contributed by atoms with Crippen LogP contribution in [0.25, 0.3) is 0 Å². The zero-order valence-corrected chi connectivity index (χ0v) is 10.4. The number of nitrogens with one attached hydrogen (secondary N) is 1. The minimum absolute atomic E-state index is 0.0484. The molecule has 1 aromatic rings. The molecule has 1 saturated heterocycles. The highest BCUT2D eigenvalue weighted by molar-refractivity contribution is 5.96. The van der Waals surface area contributed by atoms with Crippen molar-refractivity contribution in [2.24, 2.45) is 0 Å². The molecule has 1 aromatic carbocycles. The quantitative estimate of drug-likeness (QED) is 0.855. The molecule has 1 heterocycles. The van der Waals surface area contributed by atoms with Crippen molar-refractivity contribution in [1.82, 2.24) is 5.32 Å². The van der Waals surface area contributed by atoms with E-state index in [1.54, 1.807) is 4.90 Å². The molecule has 5 heteroatoms. The Morgan fingerprint density at radius 2 is 2.06 bits per heavy atom. The standard InChI is InChI=1S/C13H16N2O3/c1-8-4-3-5-9(2)12(8)15-7-10(6-11(16)17)14-13(15)18/h3-5,10H,6-7H2,1-2H3,(H,14,18)(H,16,17). The van der Waals surface area contributed by atoms with E-state index in [2.05, 4.69) is 5.32 Å². The van der Waals surface area contributed by atoms with E-state index < -0.39 is 5.97 Å². The van der Waals surface area contributed by atoms with Gasteiger partial charge in [-0.25, -0.2) is 4.79 Å². The molecule has 0 saturated carbocycles. The van der Waals surface area contributed by atoms with Gasteiger partial charge in [-0.3, -0.25) is 9.69 Å². The largest absolute Gasteiger partial charge is 0.481 e. The fraction of sp³-hybridized carbons (Fsp3) is 0.385. The van der Waals surface area contributed by atoms with Crippen LogP contribution in [0, 0.1) is 13.8 Å². The van der Waals surface area contributed by atoms with E-state index in [1.807, 2.05) is 32.0 Å². The number of carbonyl (C=O) groups excluding carboxylic acids is 1. The third kappa shape index (κ3) is 2.30. The van der Waals surface area contributed by atoms with Crippen LogP contribution < -0.4 is 10.2 Å². The average Bonchev–Trinajstić information content (AvgIpc) is 2.58. The second-order valence-corrected chi connectivity index (χ2v) is 4.60. The minimum atomic E-state index is -0.899. The molecule has 0 aromatic heterocycles. The van der Waals surface area contributed by atoms with Gasteiger partial charge in [0.1, 0.15) is 0 Å². The summed E-state index contributed by atoms with van der Waals surface area (Å²) in [5.41, 5.74) is 2.91. The van der Waals surface area contributed by atoms with Gasteiger partial charge in [0.2, 0.25) is 0 Å². The molecule has 2 rings (SSSR count). The number of rotatable bonds is 3. The fourth-order valence-electron chi connectivity index (χ4n) is 2.35. The van der Waals surface area contributed by atoms with E-state index in [0.29, 0.717) is 6.54 Å². The van der Waals surface area contributed by atoms with Gasteiger partial charge in [-0.05, 0) is 25.0 Å². The van der Waals surface area contributed by atoms with Gasteiger partial charge in [0, 0.05) is 6.54 Å². The number of anilines is 1. The smallest absolute Gasteiger partial charge is 0.322 e. The number of urea groups is 1. The zero-order valence-electron chi connectivity index (χ0n) is 10.4. The van der Waals surface area contributed by atoms with E-state index in [-0.39, 0.29) is 18.5 Å². The van der Waals surface area contributed by atoms with Crippen molar-refractivity contribution in [2.45, 2.75) is 26.3 Å². The van der Waals surface area contributed by atoms with Crippen LogP contribution >= 0.6 is 0 Å². The second kappa shape index (κ2) is 4.68. The number of amides is 2. The first kappa shape index (κ1) is 12.4. The highest BCUT2D eigenvalue weighted by Gasteiger charge is 2.32. The van der Waals surface area contributed by atoms with Crippen molar-refractivity contribution in [1.29, 1.82) is 0 Å². The Labute approximate surface area is 105 Å². The molecule has 2 N–H and O–H groups in total. The van der Waals surface area contributed by atoms with Gasteiger partial charge in [-0.1, -0.05) is 18.2 Å². The summed E-state index contributed by atoms with van der Waals surface area (Å²) in [7, 11) is 0. The highest BCUT2D eigenvalue weighted by Crippen LogP contribution is 2.27. The Hall–Kier alpha value is -2.04. The predicted molar refractivity (Wildman–Crippen MR) is 67.8 cm³/mol. The first-order chi connectivity index (χ1) is 8.49. The first-order valence-electron chi connectivity index (χ1n) is 5.85. The Morgan fingerprint density at radius 3 is 2.61 bits per heavy atom. The maximum Gasteiger partial charge on any atom is 0.322 e. The van der Waals surface area contributed by atoms with Crippen LogP contribution in [0.4, 0.5) is 10.5 Å². The van der Waals surface area contributed by atoms with Gasteiger partial charge in [0.05, 0.1) is 18.2 Å². The maximum atomic E-state index is 11.9. The molecule has 1 fully saturated rings. The van der Waals surface area contributed by atoms with Crippen LogP contribution in [-0.4, -0.2) is 29.7 Å². The van der Waals surface area contributed by atoms with Crippen molar-refractivity contribution in [3.8, 4) is 0 Å². The van der Waals surface area contributed by atoms with Crippen molar-refractivity contribution in [3.63, 3.8) is 0 Å². The first-order valence-corrected chi connectivity index (χ1v) is 5.85. The minimum Gasteiger partial charge on any atom is -0.481 e. The van der Waals surface area contributed by atoms with Crippen molar-refractivity contribution >= 4 is 17.7 Å². The molecule has 0 aliphatic carbocycles. The van der Waals surface area contributed by atoms with Gasteiger partial charge in [-0.15, -0.1) is 0 Å². The Kier molecular flexibility index (Phi) is 3.23. The predicted octanol–water partition coefficient (Wildman–Crippen LogP) is 1.68. The van der Waals surface area contributed by atoms with Crippen molar-refractivity contribution < 1.29 is 14.7 Å². The van der Waals surface area contributed by atoms with E-state index in [0.717, 1.165) is 16.8 Å². The van der Waals surface area contributed by atoms with Gasteiger partial charge < -0.3 is 10.4 Å². The number of nitrogens with zero attached hydrogens (tertiary/aromatic N) is 1. The molecule has 1 aliphatic heterocycles. The Balaban J connectivity index is 2.24. The third-order valence-corrected chi connectivity index (χ3v) is 3.11. The summed E-state index contributed by atoms with van der Waals surface area (Å²) in [5.74, 6) is -0.899. The molecule has 0 spiro atoms. The number of benzene rings is 1. The van der Waals surface area contributed by atoms with Crippen LogP contribution in [0.1, 0.15) is 17.5 Å². The number of hydrogen-bond acceptors (Lipinski definition) is 2. The summed E-state index contributed by atoms with van der Waals surface area (Å²) in [6, 6.07) is 5.28. The average molecular weight is 248 g/mol. The number of carboxylic acid groups (broad SMARTS) is 1. The fourth-order valence-corrected chi connectivity index (χ4v) is 2.35. The van der Waals surface area contributed by atoms with Crippen LogP contribution in [0.3, 0.4) is 0 Å². The van der Waals surface area contributed by atoms with Gasteiger partial charge in [0.15, 0.2) is 0 Å². The zero-order chi connectivity index (χ0) is 13.3. The number of carbonyl (C=O) groups is 2. The summed E-state index contributed by atoms with van der Waals surface area (Å²) >= 11 is 0. The molecular weight excluding hydrogens is 232 g/mol. The summed E-state index contributed by atoms with van der Waals surface area (Å²) in [4.78, 5) is 24.2. The van der Waals surface area contributed by atoms with Crippen molar-refractivity contribution in [2.75, 3.05) is 11.4 Å². The van der Waals surface area contributed by atoms with Crippen LogP contribution in [0.5, 0.6) is 0 Å². The normalized spacial score (nSPS) is 18.9. The molecule has 1 unspecified atom stereocenters. The van der Waals surface area contributed by atoms with Crippen LogP contribution in [-0.2, 0) is 4.79 Å². The lowest BCUT2D eigenvalue weighted by atomic mass is 10.1. The third-order valence-electron chi connectivity index (χ3n) is 3.11. The number of carboxylic acids is 1. The number of aliphatic carboxylic acids is 1. The highest BCUT2D eigenvalue weighted by atomic mass is 16.4. The molecule has 5 nitrogen and oxygen atoms in total. The van der Waals surface area contributed by atoms with Crippen LogP contribution in [0.2, 0.25) is 0 Å². The van der Waals surface area contributed by atoms with E-state index >= 15 is 0 Å². The Bertz CT molecular complexity index is 479. The maximum absolute atomic E-state index is 11.9. The second-order valence-electron chi connectivity index (χ2n) is 4.60. The van der Waals surface area contributed by atoms with E-state index in [9.17, 15) is 9.59 Å². The number of hydrogen-bond donors (Lipinski definition) is 2. The van der Waals surface area contributed by atoms with Crippen LogP contribution in [0.15, 0.2) is 18.2 Å². The molecule has 18 heavy (non-hydrogen) atoms. The molecule has 1 atom stereocenters. The van der Waals surface area contributed by atoms with Gasteiger partial charge in [-0.2, -0.15) is 0 Å². The molecule has 96 valence electrons. The van der Waals surface area contributed by atoms with Gasteiger partial charge >= 0.3 is 12.0 Å². The summed E-state index contributed by atoms with van der Waals surface area (Å²) in [6.07, 6.45) is -0.0484. The molecule has 0 radical (unpaired) electrons. The monoisotopic (exact) mass is 248 g/mol. The van der Waals surface area contributed by atoms with Gasteiger partial charge in [0.25, 0.3) is 0 Å². The lowest BCUT2D eigenvalue weighted by molar-refractivity contribution is -0.137. The summed E-state index contributed by atoms with van der Waals surface area (Å²) < 4.78 is 0. The SMILES string of the molecule is Cc1cccc(C)c1N1CC(CC(=O)O)NC1=O. The number of aryl methyl sites for hydroxylation is 2. The Morgan fingerprint density at radius 1 is 1.44 bits per heavy atom. The summed E-state index contributed by atoms with van der Waals surface area (Å²) in [6.45, 7) is 4.29. The molecular formula is C13H16N2O3. The molecule has 0 bridgehead atoms. The lowest BCUT2D eigenvalue weighted by Crippen LogP contribution is -2.30. The molecule has 2 amide bonds. The topological polar surface area (TPSA) is 69.6 Å². The number of para-hydroxylation sites is 1. The molecule has 1 aliphatic rings. The van der Waals surface area contributed by atoms with E-state index in [1.165, 1.54) is 0 Å². The van der Waals surface area contributed by atoms with Crippen molar-refractivity contribution in [3.05, 3.63) is 29.3 Å². The lowest BCUT2D eigenvalue weighted by Gasteiger charge is -2.19. The summed E-state index contributed by atoms with van der Waals surface area (Å²) in [5, 5.41) is 11.5. The van der Waals surface area contributed by atoms with E-state index in [4.69, 9.17) is 5.11 Å².